The van der Waals surface area contributed by atoms with Gasteiger partial charge in [0, 0.05) is 19.0 Å². The van der Waals surface area contributed by atoms with Gasteiger partial charge in [-0.15, -0.1) is 0 Å². The Balaban J connectivity index is 2.15. The molecule has 102 valence electrons. The van der Waals surface area contributed by atoms with Gasteiger partial charge in [-0.2, -0.15) is 0 Å². The summed E-state index contributed by atoms with van der Waals surface area (Å²) in [4.78, 5) is 13.9. The van der Waals surface area contributed by atoms with Crippen molar-refractivity contribution in [2.24, 2.45) is 0 Å². The molecule has 1 amide bonds. The van der Waals surface area contributed by atoms with E-state index < -0.39 is 0 Å². The summed E-state index contributed by atoms with van der Waals surface area (Å²) >= 11 is 3.42. The highest BCUT2D eigenvalue weighted by atomic mass is 79.9. The normalized spacial score (nSPS) is 10.9. The number of benzene rings is 1. The maximum Gasteiger partial charge on any atom is 0.289 e. The first-order chi connectivity index (χ1) is 9.13. The van der Waals surface area contributed by atoms with Crippen LogP contribution in [-0.2, 0) is 0 Å². The fourth-order valence-electron chi connectivity index (χ4n) is 1.92. The molecule has 0 radical (unpaired) electrons. The second-order valence-corrected chi connectivity index (χ2v) is 5.31. The lowest BCUT2D eigenvalue weighted by Gasteiger charge is -2.15. The van der Waals surface area contributed by atoms with E-state index >= 15 is 0 Å². The topological polar surface area (TPSA) is 45.5 Å². The number of para-hydroxylation sites is 1. The average Bonchev–Trinajstić information content (AvgIpc) is 2.83. The zero-order valence-corrected chi connectivity index (χ0v) is 12.7. The van der Waals surface area contributed by atoms with Crippen LogP contribution in [0.2, 0.25) is 0 Å². The summed E-state index contributed by atoms with van der Waals surface area (Å²) in [6, 6.07) is 7.54. The number of fused-ring (bicyclic) bond motifs is 1. The summed E-state index contributed by atoms with van der Waals surface area (Å²) in [7, 11) is 3.69. The molecule has 0 saturated carbocycles. The second kappa shape index (κ2) is 6.21. The Morgan fingerprint density at radius 2 is 2.26 bits per heavy atom. The lowest BCUT2D eigenvalue weighted by Crippen LogP contribution is -2.29. The molecule has 5 heteroatoms. The molecule has 0 aliphatic heterocycles. The minimum absolute atomic E-state index is 0.0841. The summed E-state index contributed by atoms with van der Waals surface area (Å²) in [6.07, 6.45) is 0.919. The largest absolute Gasteiger partial charge is 0.450 e. The number of rotatable bonds is 5. The van der Waals surface area contributed by atoms with Gasteiger partial charge >= 0.3 is 0 Å². The molecule has 0 fully saturated rings. The minimum Gasteiger partial charge on any atom is -0.450 e. The van der Waals surface area contributed by atoms with E-state index in [1.807, 2.05) is 25.2 Å². The molecule has 0 atom stereocenters. The molecule has 0 unspecified atom stereocenters. The standard InChI is InChI=1S/C14H17BrN2O2/c1-16-7-4-8-17(2)14(18)12-9-10-5-3-6-11(15)13(10)19-12/h3,5-6,9,16H,4,7-8H2,1-2H3. The van der Waals surface area contributed by atoms with Crippen molar-refractivity contribution in [2.75, 3.05) is 27.2 Å². The van der Waals surface area contributed by atoms with Crippen LogP contribution in [0.4, 0.5) is 0 Å². The van der Waals surface area contributed by atoms with Crippen molar-refractivity contribution in [3.8, 4) is 0 Å². The van der Waals surface area contributed by atoms with Crippen molar-refractivity contribution < 1.29 is 9.21 Å². The Kier molecular flexibility index (Phi) is 4.61. The minimum atomic E-state index is -0.0841. The zero-order chi connectivity index (χ0) is 13.8. The number of nitrogens with one attached hydrogen (secondary N) is 1. The summed E-state index contributed by atoms with van der Waals surface area (Å²) < 4.78 is 6.50. The van der Waals surface area contributed by atoms with Gasteiger partial charge in [-0.05, 0) is 48.1 Å². The molecule has 0 aliphatic rings. The molecule has 0 bridgehead atoms. The van der Waals surface area contributed by atoms with Crippen LogP contribution in [-0.4, -0.2) is 38.0 Å². The predicted molar refractivity (Wildman–Crippen MR) is 79.4 cm³/mol. The van der Waals surface area contributed by atoms with Crippen molar-refractivity contribution in [1.29, 1.82) is 0 Å². The fourth-order valence-corrected chi connectivity index (χ4v) is 2.38. The van der Waals surface area contributed by atoms with Crippen molar-refractivity contribution in [2.45, 2.75) is 6.42 Å². The van der Waals surface area contributed by atoms with Gasteiger partial charge in [-0.3, -0.25) is 4.79 Å². The van der Waals surface area contributed by atoms with E-state index in [0.29, 0.717) is 12.3 Å². The van der Waals surface area contributed by atoms with Gasteiger partial charge in [0.2, 0.25) is 0 Å². The van der Waals surface area contributed by atoms with E-state index in [1.54, 1.807) is 18.0 Å². The number of carbonyl (C=O) groups excluding carboxylic acids is 1. The van der Waals surface area contributed by atoms with Gasteiger partial charge in [0.15, 0.2) is 5.76 Å². The molecule has 1 N–H and O–H groups in total. The van der Waals surface area contributed by atoms with Crippen LogP contribution in [0.15, 0.2) is 33.2 Å². The van der Waals surface area contributed by atoms with E-state index in [4.69, 9.17) is 4.42 Å². The molecule has 1 aromatic carbocycles. The summed E-state index contributed by atoms with van der Waals surface area (Å²) in [5, 5.41) is 3.99. The Morgan fingerprint density at radius 1 is 1.47 bits per heavy atom. The van der Waals surface area contributed by atoms with Gasteiger partial charge in [-0.1, -0.05) is 12.1 Å². The van der Waals surface area contributed by atoms with E-state index in [1.165, 1.54) is 0 Å². The van der Waals surface area contributed by atoms with Crippen molar-refractivity contribution in [3.05, 3.63) is 34.5 Å². The highest BCUT2D eigenvalue weighted by Crippen LogP contribution is 2.27. The van der Waals surface area contributed by atoms with E-state index in [0.717, 1.165) is 28.4 Å². The average molecular weight is 325 g/mol. The van der Waals surface area contributed by atoms with Gasteiger partial charge in [0.05, 0.1) is 4.47 Å². The van der Waals surface area contributed by atoms with Crippen LogP contribution in [0, 0.1) is 0 Å². The quantitative estimate of drug-likeness (QED) is 0.860. The van der Waals surface area contributed by atoms with Crippen LogP contribution < -0.4 is 5.32 Å². The number of nitrogens with zero attached hydrogens (tertiary/aromatic N) is 1. The SMILES string of the molecule is CNCCCN(C)C(=O)c1cc2cccc(Br)c2o1. The number of furan rings is 1. The highest BCUT2D eigenvalue weighted by molar-refractivity contribution is 9.10. The van der Waals surface area contributed by atoms with Crippen LogP contribution >= 0.6 is 15.9 Å². The molecule has 19 heavy (non-hydrogen) atoms. The first-order valence-corrected chi connectivity index (χ1v) is 7.01. The zero-order valence-electron chi connectivity index (χ0n) is 11.1. The maximum absolute atomic E-state index is 12.2. The van der Waals surface area contributed by atoms with Crippen LogP contribution in [0.1, 0.15) is 17.0 Å². The molecule has 0 saturated heterocycles. The van der Waals surface area contributed by atoms with Crippen LogP contribution in [0.25, 0.3) is 11.0 Å². The van der Waals surface area contributed by atoms with Crippen molar-refractivity contribution in [3.63, 3.8) is 0 Å². The maximum atomic E-state index is 12.2. The van der Waals surface area contributed by atoms with E-state index in [2.05, 4.69) is 21.2 Å². The second-order valence-electron chi connectivity index (χ2n) is 4.45. The number of amides is 1. The molecule has 2 rings (SSSR count). The third-order valence-electron chi connectivity index (χ3n) is 2.97. The lowest BCUT2D eigenvalue weighted by atomic mass is 10.2. The predicted octanol–water partition coefficient (Wildman–Crippen LogP) is 2.88. The summed E-state index contributed by atoms with van der Waals surface area (Å²) in [6.45, 7) is 1.60. The molecule has 1 heterocycles. The third-order valence-corrected chi connectivity index (χ3v) is 3.60. The number of carbonyl (C=O) groups is 1. The Morgan fingerprint density at radius 3 is 2.95 bits per heavy atom. The summed E-state index contributed by atoms with van der Waals surface area (Å²) in [5.41, 5.74) is 0.717. The first kappa shape index (κ1) is 14.1. The van der Waals surface area contributed by atoms with Gasteiger partial charge in [0.1, 0.15) is 5.58 Å². The Bertz CT molecular complexity index is 580. The molecule has 1 aromatic heterocycles. The lowest BCUT2D eigenvalue weighted by molar-refractivity contribution is 0.0764. The van der Waals surface area contributed by atoms with Gasteiger partial charge in [-0.25, -0.2) is 0 Å². The van der Waals surface area contributed by atoms with Crippen LogP contribution in [0.5, 0.6) is 0 Å². The van der Waals surface area contributed by atoms with E-state index in [-0.39, 0.29) is 5.91 Å². The fraction of sp³-hybridized carbons (Fsp3) is 0.357. The number of halogens is 1. The molecule has 4 nitrogen and oxygen atoms in total. The molecule has 2 aromatic rings. The number of hydrogen-bond acceptors (Lipinski definition) is 3. The monoisotopic (exact) mass is 324 g/mol. The smallest absolute Gasteiger partial charge is 0.289 e. The van der Waals surface area contributed by atoms with Gasteiger partial charge in [0.25, 0.3) is 5.91 Å². The summed E-state index contributed by atoms with van der Waals surface area (Å²) in [5.74, 6) is 0.299. The van der Waals surface area contributed by atoms with Crippen molar-refractivity contribution >= 4 is 32.8 Å². The van der Waals surface area contributed by atoms with Gasteiger partial charge < -0.3 is 14.6 Å². The van der Waals surface area contributed by atoms with Crippen molar-refractivity contribution in [1.82, 2.24) is 10.2 Å². The molecular formula is C14H17BrN2O2. The van der Waals surface area contributed by atoms with Crippen LogP contribution in [0.3, 0.4) is 0 Å². The third kappa shape index (κ3) is 3.16. The number of hydrogen-bond donors (Lipinski definition) is 1. The Labute approximate surface area is 120 Å². The molecular weight excluding hydrogens is 308 g/mol. The molecule has 0 aliphatic carbocycles. The van der Waals surface area contributed by atoms with E-state index in [9.17, 15) is 4.79 Å². The Hall–Kier alpha value is -1.33. The first-order valence-electron chi connectivity index (χ1n) is 6.21. The highest BCUT2D eigenvalue weighted by Gasteiger charge is 2.17. The molecule has 0 spiro atoms.